The van der Waals surface area contributed by atoms with Crippen molar-refractivity contribution < 1.29 is 80.2 Å². The number of hydrogen-bond acceptors (Lipinski definition) is 15. The molecule has 0 aromatic rings. The molecule has 0 aliphatic heterocycles. The van der Waals surface area contributed by atoms with E-state index in [-0.39, 0.29) is 25.7 Å². The summed E-state index contributed by atoms with van der Waals surface area (Å²) < 4.78 is 68.4. The van der Waals surface area contributed by atoms with Crippen LogP contribution in [0.2, 0.25) is 0 Å². The van der Waals surface area contributed by atoms with Gasteiger partial charge >= 0.3 is 39.5 Å². The average Bonchev–Trinajstić information content (AvgIpc) is 1.01. The Morgan fingerprint density at radius 1 is 0.275 bits per heavy atom. The molecule has 0 saturated heterocycles. The molecule has 0 fully saturated rings. The van der Waals surface area contributed by atoms with Crippen LogP contribution in [0.1, 0.15) is 323 Å². The first-order chi connectivity index (χ1) is 49.7. The van der Waals surface area contributed by atoms with Crippen LogP contribution in [0.3, 0.4) is 0 Å². The molecule has 0 rings (SSSR count). The Balaban J connectivity index is 5.47. The van der Waals surface area contributed by atoms with Crippen molar-refractivity contribution >= 4 is 39.5 Å². The summed E-state index contributed by atoms with van der Waals surface area (Å²) in [5, 5.41) is 10.6. The zero-order chi connectivity index (χ0) is 74.6. The first kappa shape index (κ1) is 97.5. The number of unbranched alkanes of at least 4 members (excludes halogenated alkanes) is 28. The molecule has 0 aromatic heterocycles. The monoisotopic (exact) mass is 1470 g/mol. The van der Waals surface area contributed by atoms with Crippen LogP contribution in [0.5, 0.6) is 0 Å². The fourth-order valence-electron chi connectivity index (χ4n) is 10.3. The highest BCUT2D eigenvalue weighted by Crippen LogP contribution is 2.45. The lowest BCUT2D eigenvalue weighted by Gasteiger charge is -2.21. The number of carbonyl (C=O) groups excluding carboxylic acids is 4. The standard InChI is InChI=1S/C83H142O17P2/c1-5-9-13-17-21-25-29-33-36-38-41-45-49-53-57-61-65-69-82(87)99-78(73-93-80(85)67-63-59-55-51-47-43-32-28-24-20-16-12-8-4)75-97-101(89,90)95-71-77(84)72-96-102(91,92)98-76-79(74-94-81(86)68-64-60-56-52-48-44-40-35-31-27-23-19-15-11-7-3)100-83(88)70-66-62-58-54-50-46-42-39-37-34-30-26-22-18-14-10-6-2/h21-22,25-28,31-34,36-37,41-42,45-46,53-54,57-58,77-79,84H,5-20,23-24,29-30,35,38-40,43-44,47-52,55-56,59-76H2,1-4H3,(H,89,90)(H,91,92)/b25-21-,26-22-,31-27-,32-28-,36-33-,37-34-,45-41-,46-42-,57-53-,58-54-/t77-,78+,79+/m0/s1. The van der Waals surface area contributed by atoms with E-state index in [1.165, 1.54) is 103 Å². The van der Waals surface area contributed by atoms with Gasteiger partial charge in [0.15, 0.2) is 12.2 Å². The summed E-state index contributed by atoms with van der Waals surface area (Å²) in [6.45, 7) is 4.66. The predicted octanol–water partition coefficient (Wildman–Crippen LogP) is 23.1. The third kappa shape index (κ3) is 73.8. The maximum Gasteiger partial charge on any atom is 0.472 e. The van der Waals surface area contributed by atoms with Crippen LogP contribution >= 0.6 is 15.6 Å². The molecular formula is C83H142O17P2. The number of ether oxygens (including phenoxy) is 4. The molecule has 19 heteroatoms. The van der Waals surface area contributed by atoms with E-state index in [9.17, 15) is 43.2 Å². The molecule has 0 heterocycles. The summed E-state index contributed by atoms with van der Waals surface area (Å²) in [5.74, 6) is -2.32. The maximum absolute atomic E-state index is 13.1. The molecule has 2 unspecified atom stereocenters. The van der Waals surface area contributed by atoms with Crippen molar-refractivity contribution in [2.24, 2.45) is 0 Å². The van der Waals surface area contributed by atoms with Crippen LogP contribution in [0, 0.1) is 0 Å². The quantitative estimate of drug-likeness (QED) is 0.0169. The third-order valence-corrected chi connectivity index (χ3v) is 18.3. The molecule has 3 N–H and O–H groups in total. The summed E-state index contributed by atoms with van der Waals surface area (Å²) in [5.41, 5.74) is 0. The number of aliphatic hydroxyl groups excluding tert-OH is 1. The van der Waals surface area contributed by atoms with Crippen molar-refractivity contribution in [2.45, 2.75) is 341 Å². The van der Waals surface area contributed by atoms with Gasteiger partial charge in [-0.05, 0) is 154 Å². The summed E-state index contributed by atoms with van der Waals surface area (Å²) in [4.78, 5) is 72.9. The summed E-state index contributed by atoms with van der Waals surface area (Å²) in [7, 11) is -10.00. The fourth-order valence-corrected chi connectivity index (χ4v) is 11.8. The van der Waals surface area contributed by atoms with E-state index >= 15 is 0 Å². The first-order valence-electron chi connectivity index (χ1n) is 39.8. The summed E-state index contributed by atoms with van der Waals surface area (Å²) in [6.07, 6.45) is 81.9. The second-order valence-corrected chi connectivity index (χ2v) is 29.2. The SMILES string of the molecule is CCCCC/C=C\C/C=C\C/C=C\C/C=C\CCCC(=O)O[C@H](COC(=O)CCCCCCC/C=C\CCCCCC)COP(=O)(O)OC[C@H](O)COP(=O)(O)OC[C@@H](COC(=O)CCCCCCCCC/C=C\CCCCCC)OC(=O)CCC/C=C\C/C=C\C/C=C\C/C=C\CCCCC. The lowest BCUT2D eigenvalue weighted by molar-refractivity contribution is -0.161. The Bertz CT molecular complexity index is 2410. The number of rotatable bonds is 74. The van der Waals surface area contributed by atoms with E-state index in [4.69, 9.17) is 37.0 Å². The Hall–Kier alpha value is -4.54. The number of hydrogen-bond donors (Lipinski definition) is 3. The zero-order valence-electron chi connectivity index (χ0n) is 64.0. The van der Waals surface area contributed by atoms with Gasteiger partial charge < -0.3 is 33.8 Å². The molecule has 0 aliphatic carbocycles. The van der Waals surface area contributed by atoms with E-state index in [1.807, 2.05) is 24.3 Å². The highest BCUT2D eigenvalue weighted by atomic mass is 31.2. The minimum atomic E-state index is -5.00. The third-order valence-electron chi connectivity index (χ3n) is 16.4. The van der Waals surface area contributed by atoms with Gasteiger partial charge in [-0.25, -0.2) is 9.13 Å². The smallest absolute Gasteiger partial charge is 0.462 e. The second kappa shape index (κ2) is 74.7. The molecule has 102 heavy (non-hydrogen) atoms. The largest absolute Gasteiger partial charge is 0.472 e. The number of carbonyl (C=O) groups is 4. The number of aliphatic hydroxyl groups is 1. The topological polar surface area (TPSA) is 237 Å². The van der Waals surface area contributed by atoms with Gasteiger partial charge in [0.2, 0.25) is 0 Å². The summed E-state index contributed by atoms with van der Waals surface area (Å²) >= 11 is 0. The highest BCUT2D eigenvalue weighted by molar-refractivity contribution is 7.47. The number of allylic oxidation sites excluding steroid dienone is 20. The molecule has 0 aromatic carbocycles. The molecule has 586 valence electrons. The van der Waals surface area contributed by atoms with Gasteiger partial charge in [-0.2, -0.15) is 0 Å². The van der Waals surface area contributed by atoms with Gasteiger partial charge in [0.05, 0.1) is 26.4 Å². The van der Waals surface area contributed by atoms with E-state index in [0.717, 1.165) is 128 Å². The molecule has 0 saturated carbocycles. The van der Waals surface area contributed by atoms with Gasteiger partial charge in [0.1, 0.15) is 19.3 Å². The first-order valence-corrected chi connectivity index (χ1v) is 42.8. The van der Waals surface area contributed by atoms with Crippen molar-refractivity contribution in [2.75, 3.05) is 39.6 Å². The molecular weight excluding hydrogens is 1330 g/mol. The number of phosphoric ester groups is 2. The normalized spacial score (nSPS) is 14.5. The average molecular weight is 1470 g/mol. The number of phosphoric acid groups is 2. The second-order valence-electron chi connectivity index (χ2n) is 26.3. The van der Waals surface area contributed by atoms with E-state index in [1.54, 1.807) is 0 Å². The summed E-state index contributed by atoms with van der Waals surface area (Å²) in [6, 6.07) is 0. The molecule has 0 aliphatic rings. The van der Waals surface area contributed by atoms with Crippen molar-refractivity contribution in [1.29, 1.82) is 0 Å². The van der Waals surface area contributed by atoms with Crippen LogP contribution in [-0.4, -0.2) is 96.7 Å². The lowest BCUT2D eigenvalue weighted by atomic mass is 10.1. The molecule has 0 radical (unpaired) electrons. The van der Waals surface area contributed by atoms with Gasteiger partial charge in [-0.3, -0.25) is 37.3 Å². The molecule has 0 bridgehead atoms. The van der Waals surface area contributed by atoms with Gasteiger partial charge in [0, 0.05) is 25.7 Å². The molecule has 0 spiro atoms. The highest BCUT2D eigenvalue weighted by Gasteiger charge is 2.30. The predicted molar refractivity (Wildman–Crippen MR) is 418 cm³/mol. The zero-order valence-corrected chi connectivity index (χ0v) is 65.8. The Morgan fingerprint density at radius 3 is 0.794 bits per heavy atom. The van der Waals surface area contributed by atoms with E-state index in [2.05, 4.69) is 125 Å². The Morgan fingerprint density at radius 2 is 0.490 bits per heavy atom. The van der Waals surface area contributed by atoms with Crippen molar-refractivity contribution in [3.05, 3.63) is 122 Å². The van der Waals surface area contributed by atoms with Crippen LogP contribution in [0.25, 0.3) is 0 Å². The van der Waals surface area contributed by atoms with Gasteiger partial charge in [0.25, 0.3) is 0 Å². The minimum absolute atomic E-state index is 0.0145. The van der Waals surface area contributed by atoms with Crippen molar-refractivity contribution in [3.63, 3.8) is 0 Å². The Labute approximate surface area is 619 Å². The fraction of sp³-hybridized carbons (Fsp3) is 0.711. The Kier molecular flexibility index (Phi) is 71.4. The molecule has 17 nitrogen and oxygen atoms in total. The lowest BCUT2D eigenvalue weighted by Crippen LogP contribution is -2.30. The van der Waals surface area contributed by atoms with Crippen LogP contribution < -0.4 is 0 Å². The van der Waals surface area contributed by atoms with Crippen molar-refractivity contribution in [1.82, 2.24) is 0 Å². The minimum Gasteiger partial charge on any atom is -0.462 e. The van der Waals surface area contributed by atoms with Crippen LogP contribution in [-0.2, 0) is 65.4 Å². The van der Waals surface area contributed by atoms with E-state index in [0.29, 0.717) is 38.5 Å². The van der Waals surface area contributed by atoms with Crippen LogP contribution in [0.4, 0.5) is 0 Å². The van der Waals surface area contributed by atoms with Gasteiger partial charge in [-0.15, -0.1) is 0 Å². The molecule has 0 amide bonds. The van der Waals surface area contributed by atoms with Crippen molar-refractivity contribution in [3.8, 4) is 0 Å². The van der Waals surface area contributed by atoms with E-state index < -0.39 is 97.5 Å². The molecule has 5 atom stereocenters. The van der Waals surface area contributed by atoms with Gasteiger partial charge in [-0.1, -0.05) is 265 Å². The maximum atomic E-state index is 13.1. The number of esters is 4. The van der Waals surface area contributed by atoms with Crippen LogP contribution in [0.15, 0.2) is 122 Å².